The summed E-state index contributed by atoms with van der Waals surface area (Å²) in [5, 5.41) is 17.4. The van der Waals surface area contributed by atoms with Gasteiger partial charge in [0.05, 0.1) is 18.5 Å². The quantitative estimate of drug-likeness (QED) is 0.844. The molecule has 0 saturated heterocycles. The molecule has 0 saturated carbocycles. The molecule has 1 aromatic heterocycles. The van der Waals surface area contributed by atoms with Crippen LogP contribution >= 0.6 is 0 Å². The largest absolute Gasteiger partial charge is 0.481 e. The van der Waals surface area contributed by atoms with Crippen LogP contribution in [0.25, 0.3) is 0 Å². The number of aliphatic carboxylic acids is 2. The second-order valence-electron chi connectivity index (χ2n) is 4.35. The lowest BCUT2D eigenvalue weighted by Crippen LogP contribution is -2.02. The van der Waals surface area contributed by atoms with Crippen LogP contribution in [0, 0.1) is 0 Å². The van der Waals surface area contributed by atoms with Crippen molar-refractivity contribution >= 4 is 11.9 Å². The molecule has 108 valence electrons. The highest BCUT2D eigenvalue weighted by Crippen LogP contribution is 2.20. The number of carboxylic acids is 2. The van der Waals surface area contributed by atoms with Gasteiger partial charge < -0.3 is 14.9 Å². The minimum Gasteiger partial charge on any atom is -0.481 e. The van der Waals surface area contributed by atoms with Gasteiger partial charge in [-0.1, -0.05) is 18.2 Å². The molecule has 0 unspecified atom stereocenters. The van der Waals surface area contributed by atoms with Crippen LogP contribution < -0.4 is 4.74 Å². The summed E-state index contributed by atoms with van der Waals surface area (Å²) >= 11 is 0. The van der Waals surface area contributed by atoms with Gasteiger partial charge in [-0.25, -0.2) is 4.98 Å². The van der Waals surface area contributed by atoms with E-state index < -0.39 is 11.9 Å². The third kappa shape index (κ3) is 4.61. The van der Waals surface area contributed by atoms with Crippen molar-refractivity contribution in [2.45, 2.75) is 12.8 Å². The highest BCUT2D eigenvalue weighted by atomic mass is 16.5. The minimum atomic E-state index is -0.960. The zero-order valence-corrected chi connectivity index (χ0v) is 11.0. The summed E-state index contributed by atoms with van der Waals surface area (Å²) in [6.07, 6.45) is -0.221. The summed E-state index contributed by atoms with van der Waals surface area (Å²) in [6, 6.07) is 11.5. The van der Waals surface area contributed by atoms with Crippen LogP contribution in [0.2, 0.25) is 0 Å². The fourth-order valence-corrected chi connectivity index (χ4v) is 1.74. The molecule has 1 aromatic carbocycles. The number of ether oxygens (including phenoxy) is 1. The highest BCUT2D eigenvalue weighted by molar-refractivity contribution is 5.70. The van der Waals surface area contributed by atoms with Crippen molar-refractivity contribution < 1.29 is 24.5 Å². The Morgan fingerprint density at radius 1 is 0.952 bits per heavy atom. The Morgan fingerprint density at radius 2 is 1.62 bits per heavy atom. The summed E-state index contributed by atoms with van der Waals surface area (Å²) < 4.78 is 5.51. The van der Waals surface area contributed by atoms with Crippen LogP contribution in [0.5, 0.6) is 11.6 Å². The molecule has 0 aliphatic carbocycles. The normalized spacial score (nSPS) is 10.1. The first kappa shape index (κ1) is 14.5. The van der Waals surface area contributed by atoms with Gasteiger partial charge in [-0.05, 0) is 23.8 Å². The molecule has 6 nitrogen and oxygen atoms in total. The minimum absolute atomic E-state index is 0.0490. The van der Waals surface area contributed by atoms with E-state index in [1.54, 1.807) is 42.5 Å². The molecule has 2 rings (SSSR count). The number of pyridine rings is 1. The maximum absolute atomic E-state index is 10.6. The molecular weight excluding hydrogens is 274 g/mol. The van der Waals surface area contributed by atoms with E-state index >= 15 is 0 Å². The van der Waals surface area contributed by atoms with Gasteiger partial charge in [0.2, 0.25) is 5.88 Å². The standard InChI is InChI=1S/C15H13NO5/c17-14(18)8-10-4-6-12(7-5-10)21-13-3-1-2-11(16-13)9-15(19)20/h1-7H,8-9H2,(H,17,18)(H,19,20). The van der Waals surface area contributed by atoms with Gasteiger partial charge in [-0.3, -0.25) is 9.59 Å². The fraction of sp³-hybridized carbons (Fsp3) is 0.133. The van der Waals surface area contributed by atoms with Crippen molar-refractivity contribution in [2.24, 2.45) is 0 Å². The molecule has 21 heavy (non-hydrogen) atoms. The Hall–Kier alpha value is -2.89. The van der Waals surface area contributed by atoms with E-state index in [0.29, 0.717) is 22.9 Å². The van der Waals surface area contributed by atoms with Gasteiger partial charge in [-0.15, -0.1) is 0 Å². The second kappa shape index (κ2) is 6.51. The summed E-state index contributed by atoms with van der Waals surface area (Å²) in [5.74, 6) is -1.06. The zero-order chi connectivity index (χ0) is 15.2. The van der Waals surface area contributed by atoms with E-state index in [9.17, 15) is 9.59 Å². The average molecular weight is 287 g/mol. The zero-order valence-electron chi connectivity index (χ0n) is 11.0. The Morgan fingerprint density at radius 3 is 2.24 bits per heavy atom. The van der Waals surface area contributed by atoms with Crippen molar-refractivity contribution in [2.75, 3.05) is 0 Å². The predicted octanol–water partition coefficient (Wildman–Crippen LogP) is 2.13. The third-order valence-electron chi connectivity index (χ3n) is 2.61. The Kier molecular flexibility index (Phi) is 4.50. The Labute approximate surface area is 120 Å². The van der Waals surface area contributed by atoms with Crippen LogP contribution in [0.3, 0.4) is 0 Å². The summed E-state index contributed by atoms with van der Waals surface area (Å²) in [4.78, 5) is 25.3. The van der Waals surface area contributed by atoms with Crippen LogP contribution in [0.15, 0.2) is 42.5 Å². The van der Waals surface area contributed by atoms with Crippen LogP contribution in [0.4, 0.5) is 0 Å². The smallest absolute Gasteiger partial charge is 0.309 e. The monoisotopic (exact) mass is 287 g/mol. The molecular formula is C15H13NO5. The first-order chi connectivity index (χ1) is 10.0. The van der Waals surface area contributed by atoms with Crippen molar-refractivity contribution in [3.63, 3.8) is 0 Å². The number of benzene rings is 1. The lowest BCUT2D eigenvalue weighted by atomic mass is 10.1. The molecule has 0 radical (unpaired) electrons. The second-order valence-corrected chi connectivity index (χ2v) is 4.35. The van der Waals surface area contributed by atoms with Gasteiger partial charge in [0.15, 0.2) is 0 Å². The van der Waals surface area contributed by atoms with Crippen LogP contribution in [-0.2, 0) is 22.4 Å². The molecule has 2 aromatic rings. The van der Waals surface area contributed by atoms with Gasteiger partial charge in [-0.2, -0.15) is 0 Å². The maximum Gasteiger partial charge on any atom is 0.309 e. The van der Waals surface area contributed by atoms with E-state index in [0.717, 1.165) is 0 Å². The molecule has 0 aliphatic rings. The van der Waals surface area contributed by atoms with E-state index in [1.165, 1.54) is 0 Å². The maximum atomic E-state index is 10.6. The number of carbonyl (C=O) groups is 2. The molecule has 0 spiro atoms. The van der Waals surface area contributed by atoms with Crippen molar-refractivity contribution in [1.82, 2.24) is 4.98 Å². The Balaban J connectivity index is 2.07. The molecule has 0 amide bonds. The fourth-order valence-electron chi connectivity index (χ4n) is 1.74. The SMILES string of the molecule is O=C(O)Cc1ccc(Oc2cccc(CC(=O)O)n2)cc1. The van der Waals surface area contributed by atoms with Crippen molar-refractivity contribution in [1.29, 1.82) is 0 Å². The van der Waals surface area contributed by atoms with Gasteiger partial charge >= 0.3 is 11.9 Å². The molecule has 0 atom stereocenters. The number of rotatable bonds is 6. The number of nitrogens with zero attached hydrogens (tertiary/aromatic N) is 1. The number of hydrogen-bond acceptors (Lipinski definition) is 4. The first-order valence-corrected chi connectivity index (χ1v) is 6.19. The molecule has 6 heteroatoms. The third-order valence-corrected chi connectivity index (χ3v) is 2.61. The van der Waals surface area contributed by atoms with Crippen LogP contribution in [-0.4, -0.2) is 27.1 Å². The van der Waals surface area contributed by atoms with Crippen molar-refractivity contribution in [3.8, 4) is 11.6 Å². The van der Waals surface area contributed by atoms with Crippen LogP contribution in [0.1, 0.15) is 11.3 Å². The first-order valence-electron chi connectivity index (χ1n) is 6.19. The summed E-state index contributed by atoms with van der Waals surface area (Å²) in [6.45, 7) is 0. The summed E-state index contributed by atoms with van der Waals surface area (Å²) in [7, 11) is 0. The average Bonchev–Trinajstić information content (AvgIpc) is 2.40. The lowest BCUT2D eigenvalue weighted by molar-refractivity contribution is -0.137. The molecule has 2 N–H and O–H groups in total. The van der Waals surface area contributed by atoms with E-state index in [4.69, 9.17) is 14.9 Å². The lowest BCUT2D eigenvalue weighted by Gasteiger charge is -2.06. The van der Waals surface area contributed by atoms with Gasteiger partial charge in [0, 0.05) is 6.07 Å². The van der Waals surface area contributed by atoms with Crippen molar-refractivity contribution in [3.05, 3.63) is 53.7 Å². The number of aromatic nitrogens is 1. The van der Waals surface area contributed by atoms with E-state index in [-0.39, 0.29) is 12.8 Å². The molecule has 0 bridgehead atoms. The van der Waals surface area contributed by atoms with E-state index in [2.05, 4.69) is 4.98 Å². The van der Waals surface area contributed by atoms with E-state index in [1.807, 2.05) is 0 Å². The molecule has 0 aliphatic heterocycles. The number of carboxylic acid groups (broad SMARTS) is 2. The predicted molar refractivity (Wildman–Crippen MR) is 73.4 cm³/mol. The van der Waals surface area contributed by atoms with Gasteiger partial charge in [0.25, 0.3) is 0 Å². The highest BCUT2D eigenvalue weighted by Gasteiger charge is 2.05. The van der Waals surface area contributed by atoms with Gasteiger partial charge in [0.1, 0.15) is 5.75 Å². The Bertz CT molecular complexity index is 651. The number of hydrogen-bond donors (Lipinski definition) is 2. The summed E-state index contributed by atoms with van der Waals surface area (Å²) in [5.41, 5.74) is 1.07. The molecule has 1 heterocycles. The molecule has 0 fully saturated rings. The topological polar surface area (TPSA) is 96.7 Å².